The molecule has 2 aromatic rings. The van der Waals surface area contributed by atoms with Gasteiger partial charge in [0.25, 0.3) is 11.8 Å². The molecule has 2 amide bonds. The van der Waals surface area contributed by atoms with Crippen molar-refractivity contribution in [3.63, 3.8) is 0 Å². The van der Waals surface area contributed by atoms with Crippen LogP contribution in [0.5, 0.6) is 5.75 Å². The van der Waals surface area contributed by atoms with E-state index in [0.29, 0.717) is 30.0 Å². The van der Waals surface area contributed by atoms with Gasteiger partial charge in [0.15, 0.2) is 6.23 Å². The minimum Gasteiger partial charge on any atom is -0.497 e. The van der Waals surface area contributed by atoms with Crippen LogP contribution in [-0.2, 0) is 9.47 Å². The fraction of sp³-hybridized carbons (Fsp3) is 0.417. The van der Waals surface area contributed by atoms with Crippen molar-refractivity contribution in [3.8, 4) is 5.75 Å². The molecule has 2 N–H and O–H groups in total. The second kappa shape index (κ2) is 11.8. The van der Waals surface area contributed by atoms with Crippen LogP contribution in [0.1, 0.15) is 20.7 Å². The molecule has 178 valence electrons. The van der Waals surface area contributed by atoms with E-state index in [9.17, 15) is 9.59 Å². The standard InChI is InChI=1S/C24H32N4O5/c1-27-14-15-28(24(33-4)23(27)32-3)20(16-25-21(29)17-8-6-5-7-9-17)26-22(30)18-10-12-19(31-2)13-11-18/h5-13,20,23-24H,14-16H2,1-4H3,(H,25,29)(H,26,30). The van der Waals surface area contributed by atoms with Crippen LogP contribution >= 0.6 is 0 Å². The average molecular weight is 457 g/mol. The number of amides is 2. The molecule has 0 bridgehead atoms. The van der Waals surface area contributed by atoms with E-state index in [2.05, 4.69) is 15.5 Å². The van der Waals surface area contributed by atoms with Crippen LogP contribution in [0, 0.1) is 0 Å². The first-order valence-corrected chi connectivity index (χ1v) is 10.8. The minimum absolute atomic E-state index is 0.190. The number of piperazine rings is 1. The molecule has 2 aromatic carbocycles. The molecule has 1 saturated heterocycles. The third-order valence-corrected chi connectivity index (χ3v) is 5.74. The molecule has 0 aliphatic carbocycles. The summed E-state index contributed by atoms with van der Waals surface area (Å²) >= 11 is 0. The third-order valence-electron chi connectivity index (χ3n) is 5.74. The van der Waals surface area contributed by atoms with Gasteiger partial charge in [0.2, 0.25) is 0 Å². The summed E-state index contributed by atoms with van der Waals surface area (Å²) in [5.74, 6) is 0.185. The Morgan fingerprint density at radius 2 is 1.55 bits per heavy atom. The van der Waals surface area contributed by atoms with E-state index < -0.39 is 12.4 Å². The van der Waals surface area contributed by atoms with Gasteiger partial charge in [0, 0.05) is 38.4 Å². The molecular formula is C24H32N4O5. The number of rotatable bonds is 9. The van der Waals surface area contributed by atoms with Crippen molar-refractivity contribution in [2.75, 3.05) is 48.0 Å². The predicted molar refractivity (Wildman–Crippen MR) is 124 cm³/mol. The molecular weight excluding hydrogens is 424 g/mol. The van der Waals surface area contributed by atoms with E-state index in [0.717, 1.165) is 0 Å². The Morgan fingerprint density at radius 1 is 0.909 bits per heavy atom. The average Bonchev–Trinajstić information content (AvgIpc) is 2.86. The summed E-state index contributed by atoms with van der Waals surface area (Å²) in [4.78, 5) is 29.8. The summed E-state index contributed by atoms with van der Waals surface area (Å²) < 4.78 is 16.6. The maximum absolute atomic E-state index is 13.0. The zero-order valence-electron chi connectivity index (χ0n) is 19.5. The summed E-state index contributed by atoms with van der Waals surface area (Å²) in [6.07, 6.45) is -1.29. The number of hydrogen-bond acceptors (Lipinski definition) is 7. The number of benzene rings is 2. The van der Waals surface area contributed by atoms with Gasteiger partial charge >= 0.3 is 0 Å². The number of nitrogens with zero attached hydrogens (tertiary/aromatic N) is 2. The van der Waals surface area contributed by atoms with Gasteiger partial charge in [-0.05, 0) is 43.4 Å². The van der Waals surface area contributed by atoms with Crippen LogP contribution < -0.4 is 15.4 Å². The second-order valence-electron chi connectivity index (χ2n) is 7.76. The van der Waals surface area contributed by atoms with Crippen molar-refractivity contribution in [3.05, 3.63) is 65.7 Å². The first-order chi connectivity index (χ1) is 16.0. The Morgan fingerprint density at radius 3 is 2.15 bits per heavy atom. The van der Waals surface area contributed by atoms with Crippen LogP contribution in [-0.4, -0.2) is 88.2 Å². The SMILES string of the molecule is COc1ccc(C(=O)NC(CNC(=O)c2ccccc2)N2CCN(C)C(OC)C2OC)cc1. The monoisotopic (exact) mass is 456 g/mol. The van der Waals surface area contributed by atoms with Crippen molar-refractivity contribution >= 4 is 11.8 Å². The van der Waals surface area contributed by atoms with Crippen LogP contribution in [0.25, 0.3) is 0 Å². The summed E-state index contributed by atoms with van der Waals surface area (Å²) in [5, 5.41) is 5.98. The highest BCUT2D eigenvalue weighted by Gasteiger charge is 2.39. The van der Waals surface area contributed by atoms with E-state index >= 15 is 0 Å². The van der Waals surface area contributed by atoms with E-state index in [-0.39, 0.29) is 24.6 Å². The number of methoxy groups -OCH3 is 3. The molecule has 9 heteroatoms. The van der Waals surface area contributed by atoms with Gasteiger partial charge in [-0.15, -0.1) is 0 Å². The molecule has 0 spiro atoms. The highest BCUT2D eigenvalue weighted by Crippen LogP contribution is 2.20. The number of ether oxygens (including phenoxy) is 3. The lowest BCUT2D eigenvalue weighted by molar-refractivity contribution is -0.207. The quantitative estimate of drug-likeness (QED) is 0.589. The molecule has 0 radical (unpaired) electrons. The lowest BCUT2D eigenvalue weighted by Crippen LogP contribution is -2.67. The first kappa shape index (κ1) is 24.7. The van der Waals surface area contributed by atoms with Gasteiger partial charge in [-0.2, -0.15) is 0 Å². The molecule has 3 unspecified atom stereocenters. The zero-order chi connectivity index (χ0) is 23.8. The van der Waals surface area contributed by atoms with Crippen LogP contribution in [0.15, 0.2) is 54.6 Å². The van der Waals surface area contributed by atoms with Crippen molar-refractivity contribution in [1.82, 2.24) is 20.4 Å². The Hall–Kier alpha value is -2.98. The molecule has 3 rings (SSSR count). The molecule has 0 saturated carbocycles. The van der Waals surface area contributed by atoms with Crippen molar-refractivity contribution in [2.45, 2.75) is 18.6 Å². The van der Waals surface area contributed by atoms with Gasteiger partial charge in [-0.3, -0.25) is 19.4 Å². The smallest absolute Gasteiger partial charge is 0.252 e. The number of carbonyl (C=O) groups is 2. The molecule has 9 nitrogen and oxygen atoms in total. The number of hydrogen-bond donors (Lipinski definition) is 2. The number of nitrogens with one attached hydrogen (secondary N) is 2. The Kier molecular flexibility index (Phi) is 8.79. The zero-order valence-corrected chi connectivity index (χ0v) is 19.5. The van der Waals surface area contributed by atoms with Crippen molar-refractivity contribution < 1.29 is 23.8 Å². The summed E-state index contributed by atoms with van der Waals surface area (Å²) in [6.45, 7) is 1.51. The summed E-state index contributed by atoms with van der Waals surface area (Å²) in [5.41, 5.74) is 1.04. The Bertz CT molecular complexity index is 909. The Labute approximate surface area is 194 Å². The third kappa shape index (κ3) is 6.08. The maximum atomic E-state index is 13.0. The van der Waals surface area contributed by atoms with Crippen LogP contribution in [0.2, 0.25) is 0 Å². The van der Waals surface area contributed by atoms with Crippen molar-refractivity contribution in [2.24, 2.45) is 0 Å². The van der Waals surface area contributed by atoms with E-state index in [4.69, 9.17) is 14.2 Å². The number of likely N-dealkylation sites (N-methyl/N-ethyl adjacent to an activating group) is 1. The second-order valence-corrected chi connectivity index (χ2v) is 7.76. The van der Waals surface area contributed by atoms with E-state index in [1.54, 1.807) is 57.7 Å². The fourth-order valence-electron chi connectivity index (χ4n) is 3.90. The largest absolute Gasteiger partial charge is 0.497 e. The predicted octanol–water partition coefficient (Wildman–Crippen LogP) is 1.37. The van der Waals surface area contributed by atoms with Gasteiger partial charge < -0.3 is 24.8 Å². The lowest BCUT2D eigenvalue weighted by atomic mass is 10.1. The summed E-state index contributed by atoms with van der Waals surface area (Å²) in [7, 11) is 6.76. The first-order valence-electron chi connectivity index (χ1n) is 10.8. The summed E-state index contributed by atoms with van der Waals surface area (Å²) in [6, 6.07) is 15.8. The minimum atomic E-state index is -0.524. The molecule has 3 atom stereocenters. The molecule has 1 fully saturated rings. The molecule has 0 aromatic heterocycles. The number of carbonyl (C=O) groups excluding carboxylic acids is 2. The van der Waals surface area contributed by atoms with Gasteiger partial charge in [0.1, 0.15) is 18.1 Å². The maximum Gasteiger partial charge on any atom is 0.252 e. The fourth-order valence-corrected chi connectivity index (χ4v) is 3.90. The van der Waals surface area contributed by atoms with E-state index in [1.165, 1.54) is 0 Å². The van der Waals surface area contributed by atoms with E-state index in [1.807, 2.05) is 30.1 Å². The normalized spacial score (nSPS) is 20.1. The molecule has 1 aliphatic heterocycles. The topological polar surface area (TPSA) is 92.4 Å². The van der Waals surface area contributed by atoms with Crippen molar-refractivity contribution in [1.29, 1.82) is 0 Å². The highest BCUT2D eigenvalue weighted by atomic mass is 16.6. The van der Waals surface area contributed by atoms with Crippen LogP contribution in [0.4, 0.5) is 0 Å². The van der Waals surface area contributed by atoms with Gasteiger partial charge in [0.05, 0.1) is 13.7 Å². The molecule has 33 heavy (non-hydrogen) atoms. The van der Waals surface area contributed by atoms with Gasteiger partial charge in [-0.1, -0.05) is 18.2 Å². The van der Waals surface area contributed by atoms with Crippen LogP contribution in [0.3, 0.4) is 0 Å². The highest BCUT2D eigenvalue weighted by molar-refractivity contribution is 5.95. The lowest BCUT2D eigenvalue weighted by Gasteiger charge is -2.47. The molecule has 1 aliphatic rings. The Balaban J connectivity index is 1.80. The van der Waals surface area contributed by atoms with Gasteiger partial charge in [-0.25, -0.2) is 0 Å². The molecule has 1 heterocycles.